The summed E-state index contributed by atoms with van der Waals surface area (Å²) in [6.45, 7) is 6.19. The molecule has 1 aromatic rings. The molecule has 4 nitrogen and oxygen atoms in total. The molecule has 6 heteroatoms. The van der Waals surface area contributed by atoms with Crippen LogP contribution in [-0.2, 0) is 16.6 Å². The normalized spacial score (nSPS) is 20.0. The van der Waals surface area contributed by atoms with Crippen molar-refractivity contribution in [2.75, 3.05) is 13.1 Å². The average molecular weight is 331 g/mol. The summed E-state index contributed by atoms with van der Waals surface area (Å²) in [6, 6.07) is 5.30. The summed E-state index contributed by atoms with van der Waals surface area (Å²) in [6.07, 6.45) is 2.87. The first-order valence-electron chi connectivity index (χ1n) is 7.47. The topological polar surface area (TPSA) is 49.4 Å². The van der Waals surface area contributed by atoms with Crippen LogP contribution in [-0.4, -0.2) is 31.9 Å². The quantitative estimate of drug-likeness (QED) is 0.816. The highest BCUT2D eigenvalue weighted by molar-refractivity contribution is 7.89. The van der Waals surface area contributed by atoms with Crippen molar-refractivity contribution in [2.45, 2.75) is 50.6 Å². The lowest BCUT2D eigenvalue weighted by Gasteiger charge is -2.22. The van der Waals surface area contributed by atoms with Crippen LogP contribution in [0.5, 0.6) is 0 Å². The second kappa shape index (κ2) is 7.09. The second-order valence-corrected chi connectivity index (χ2v) is 7.81. The van der Waals surface area contributed by atoms with Gasteiger partial charge in [-0.25, -0.2) is 8.42 Å². The molecule has 1 aliphatic heterocycles. The molecule has 1 aromatic carbocycles. The third kappa shape index (κ3) is 3.77. The first-order valence-corrected chi connectivity index (χ1v) is 9.29. The Bertz CT molecular complexity index is 589. The number of nitrogens with zero attached hydrogens (tertiary/aromatic N) is 1. The molecule has 0 aromatic heterocycles. The van der Waals surface area contributed by atoms with Crippen LogP contribution in [0, 0.1) is 0 Å². The van der Waals surface area contributed by atoms with Gasteiger partial charge < -0.3 is 5.32 Å². The maximum atomic E-state index is 12.8. The molecule has 2 rings (SSSR count). The van der Waals surface area contributed by atoms with Gasteiger partial charge in [-0.05, 0) is 50.4 Å². The maximum absolute atomic E-state index is 12.8. The predicted octanol–water partition coefficient (Wildman–Crippen LogP) is 3.01. The van der Waals surface area contributed by atoms with E-state index in [0.29, 0.717) is 18.1 Å². The molecular weight excluding hydrogens is 308 g/mol. The molecule has 0 saturated carbocycles. The molecule has 0 spiro atoms. The van der Waals surface area contributed by atoms with Crippen LogP contribution in [0.15, 0.2) is 23.1 Å². The van der Waals surface area contributed by atoms with E-state index in [2.05, 4.69) is 12.2 Å². The third-order valence-corrected chi connectivity index (χ3v) is 6.33. The molecule has 21 heavy (non-hydrogen) atoms. The Hall–Kier alpha value is -0.620. The molecule has 1 atom stereocenters. The number of hydrogen-bond donors (Lipinski definition) is 1. The smallest absolute Gasteiger partial charge is 0.244 e. The van der Waals surface area contributed by atoms with Gasteiger partial charge >= 0.3 is 0 Å². The van der Waals surface area contributed by atoms with Crippen LogP contribution in [0.3, 0.4) is 0 Å². The number of rotatable bonds is 6. The van der Waals surface area contributed by atoms with E-state index < -0.39 is 10.0 Å². The first-order chi connectivity index (χ1) is 9.96. The molecule has 1 aliphatic rings. The van der Waals surface area contributed by atoms with Crippen LogP contribution in [0.2, 0.25) is 5.02 Å². The van der Waals surface area contributed by atoms with Gasteiger partial charge in [0.15, 0.2) is 0 Å². The van der Waals surface area contributed by atoms with Crippen molar-refractivity contribution in [3.8, 4) is 0 Å². The van der Waals surface area contributed by atoms with Gasteiger partial charge in [-0.1, -0.05) is 24.6 Å². The van der Waals surface area contributed by atoms with Gasteiger partial charge in [0.05, 0.1) is 5.02 Å². The average Bonchev–Trinajstić information content (AvgIpc) is 2.88. The Morgan fingerprint density at radius 1 is 1.43 bits per heavy atom. The van der Waals surface area contributed by atoms with Crippen molar-refractivity contribution in [2.24, 2.45) is 0 Å². The molecule has 0 aliphatic carbocycles. The van der Waals surface area contributed by atoms with Crippen molar-refractivity contribution in [3.63, 3.8) is 0 Å². The Labute approximate surface area is 132 Å². The van der Waals surface area contributed by atoms with Gasteiger partial charge in [-0.2, -0.15) is 4.31 Å². The number of benzene rings is 1. The largest absolute Gasteiger partial charge is 0.313 e. The predicted molar refractivity (Wildman–Crippen MR) is 86.0 cm³/mol. The summed E-state index contributed by atoms with van der Waals surface area (Å²) in [5.74, 6) is 0. The van der Waals surface area contributed by atoms with Crippen LogP contribution >= 0.6 is 11.6 Å². The highest BCUT2D eigenvalue weighted by Gasteiger charge is 2.33. The lowest BCUT2D eigenvalue weighted by atomic mass is 10.2. The summed E-state index contributed by atoms with van der Waals surface area (Å²) < 4.78 is 27.1. The minimum atomic E-state index is -3.50. The van der Waals surface area contributed by atoms with Crippen LogP contribution in [0.1, 0.15) is 38.7 Å². The van der Waals surface area contributed by atoms with Crippen molar-refractivity contribution >= 4 is 21.6 Å². The van der Waals surface area contributed by atoms with Crippen LogP contribution in [0.4, 0.5) is 0 Å². The lowest BCUT2D eigenvalue weighted by Crippen LogP contribution is -2.33. The Kier molecular flexibility index (Phi) is 5.66. The minimum Gasteiger partial charge on any atom is -0.313 e. The Morgan fingerprint density at radius 3 is 2.81 bits per heavy atom. The molecular formula is C15H23ClN2O2S. The first kappa shape index (κ1) is 16.7. The number of nitrogens with one attached hydrogen (secondary N) is 1. The van der Waals surface area contributed by atoms with Crippen molar-refractivity contribution < 1.29 is 8.42 Å². The molecule has 1 fully saturated rings. The van der Waals surface area contributed by atoms with E-state index in [9.17, 15) is 8.42 Å². The van der Waals surface area contributed by atoms with E-state index in [-0.39, 0.29) is 10.9 Å². The Morgan fingerprint density at radius 2 is 2.19 bits per heavy atom. The summed E-state index contributed by atoms with van der Waals surface area (Å²) in [4.78, 5) is 0.230. The van der Waals surface area contributed by atoms with Gasteiger partial charge in [0.25, 0.3) is 0 Å². The highest BCUT2D eigenvalue weighted by Crippen LogP contribution is 2.30. The van der Waals surface area contributed by atoms with Gasteiger partial charge in [-0.15, -0.1) is 0 Å². The van der Waals surface area contributed by atoms with Gasteiger partial charge in [0, 0.05) is 19.1 Å². The lowest BCUT2D eigenvalue weighted by molar-refractivity contribution is 0.408. The number of halogens is 1. The van der Waals surface area contributed by atoms with Crippen molar-refractivity contribution in [1.82, 2.24) is 9.62 Å². The van der Waals surface area contributed by atoms with E-state index in [4.69, 9.17) is 11.6 Å². The molecule has 1 N–H and O–H groups in total. The maximum Gasteiger partial charge on any atom is 0.244 e. The fourth-order valence-corrected chi connectivity index (χ4v) is 4.88. The number of sulfonamides is 1. The Balaban J connectivity index is 2.27. The molecule has 0 radical (unpaired) electrons. The van der Waals surface area contributed by atoms with Gasteiger partial charge in [0.1, 0.15) is 4.90 Å². The summed E-state index contributed by atoms with van der Waals surface area (Å²) in [5, 5.41) is 3.58. The monoisotopic (exact) mass is 330 g/mol. The summed E-state index contributed by atoms with van der Waals surface area (Å²) in [5.41, 5.74) is 0.943. The number of hydrogen-bond acceptors (Lipinski definition) is 3. The van der Waals surface area contributed by atoms with E-state index >= 15 is 0 Å². The molecule has 1 unspecified atom stereocenters. The van der Waals surface area contributed by atoms with Crippen LogP contribution in [0.25, 0.3) is 0 Å². The van der Waals surface area contributed by atoms with E-state index in [1.165, 1.54) is 0 Å². The van der Waals surface area contributed by atoms with Gasteiger partial charge in [0.2, 0.25) is 10.0 Å². The molecule has 0 amide bonds. The standard InChI is InChI=1S/C15H23ClN2O2S/c1-3-8-17-11-13-6-7-14(16)15(10-13)21(19,20)18-9-4-5-12(18)2/h6-7,10,12,17H,3-5,8-9,11H2,1-2H3. The molecule has 0 bridgehead atoms. The van der Waals surface area contributed by atoms with Crippen LogP contribution < -0.4 is 5.32 Å². The molecule has 1 heterocycles. The summed E-state index contributed by atoms with van der Waals surface area (Å²) >= 11 is 6.14. The van der Waals surface area contributed by atoms with E-state index in [1.54, 1.807) is 16.4 Å². The van der Waals surface area contributed by atoms with Crippen molar-refractivity contribution in [1.29, 1.82) is 0 Å². The zero-order valence-electron chi connectivity index (χ0n) is 12.6. The minimum absolute atomic E-state index is 0.0490. The van der Waals surface area contributed by atoms with Crippen molar-refractivity contribution in [3.05, 3.63) is 28.8 Å². The second-order valence-electron chi connectivity index (χ2n) is 5.55. The summed E-state index contributed by atoms with van der Waals surface area (Å²) in [7, 11) is -3.50. The van der Waals surface area contributed by atoms with E-state index in [1.807, 2.05) is 13.0 Å². The SMILES string of the molecule is CCCNCc1ccc(Cl)c(S(=O)(=O)N2CCCC2C)c1. The zero-order chi connectivity index (χ0) is 15.5. The molecule has 1 saturated heterocycles. The highest BCUT2D eigenvalue weighted by atomic mass is 35.5. The fraction of sp³-hybridized carbons (Fsp3) is 0.600. The fourth-order valence-electron chi connectivity index (χ4n) is 2.66. The zero-order valence-corrected chi connectivity index (χ0v) is 14.2. The molecule has 118 valence electrons. The van der Waals surface area contributed by atoms with E-state index in [0.717, 1.165) is 31.4 Å². The van der Waals surface area contributed by atoms with Gasteiger partial charge in [-0.3, -0.25) is 0 Å². The third-order valence-electron chi connectivity index (χ3n) is 3.83.